The number of hydrogen-bond donors (Lipinski definition) is 0. The lowest BCUT2D eigenvalue weighted by atomic mass is 9.95. The first-order chi connectivity index (χ1) is 17.1. The van der Waals surface area contributed by atoms with Gasteiger partial charge in [-0.15, -0.1) is 0 Å². The summed E-state index contributed by atoms with van der Waals surface area (Å²) in [6.07, 6.45) is 1.57. The van der Waals surface area contributed by atoms with Crippen molar-refractivity contribution in [1.29, 1.82) is 0 Å². The minimum absolute atomic E-state index is 0.251. The van der Waals surface area contributed by atoms with E-state index >= 15 is 0 Å². The molecule has 0 unspecified atom stereocenters. The monoisotopic (exact) mass is 567 g/mol. The molecule has 4 rings (SSSR count). The third kappa shape index (κ3) is 5.63. The van der Waals surface area contributed by atoms with Crippen molar-refractivity contribution < 1.29 is 9.47 Å². The van der Waals surface area contributed by atoms with E-state index in [4.69, 9.17) is 26.1 Å². The molecule has 0 bridgehead atoms. The zero-order chi connectivity index (χ0) is 26.0. The second-order valence-corrected chi connectivity index (χ2v) is 10.8. The molecule has 0 saturated heterocycles. The van der Waals surface area contributed by atoms with Crippen LogP contribution in [0.1, 0.15) is 43.3 Å². The van der Waals surface area contributed by atoms with Crippen LogP contribution in [0.2, 0.25) is 5.02 Å². The second kappa shape index (κ2) is 10.4. The highest BCUT2D eigenvalue weighted by Crippen LogP contribution is 2.36. The first-order valence-corrected chi connectivity index (χ1v) is 12.6. The second-order valence-electron chi connectivity index (χ2n) is 9.52. The van der Waals surface area contributed by atoms with Gasteiger partial charge in [-0.2, -0.15) is 9.78 Å². The topological polar surface area (TPSA) is 65.7 Å². The summed E-state index contributed by atoms with van der Waals surface area (Å²) in [4.78, 5) is 18.1. The summed E-state index contributed by atoms with van der Waals surface area (Å²) >= 11 is 10.00. The normalized spacial score (nSPS) is 11.9. The molecule has 8 heteroatoms. The number of nitrogens with zero attached hydrogens (tertiary/aromatic N) is 3. The number of fused-ring (bicyclic) bond motifs is 1. The van der Waals surface area contributed by atoms with E-state index in [1.165, 1.54) is 10.2 Å². The van der Waals surface area contributed by atoms with Gasteiger partial charge in [0.2, 0.25) is 0 Å². The largest absolute Gasteiger partial charge is 0.493 e. The van der Waals surface area contributed by atoms with Crippen molar-refractivity contribution in [1.82, 2.24) is 9.66 Å². The van der Waals surface area contributed by atoms with E-state index in [1.807, 2.05) is 64.1 Å². The molecular weight excluding hydrogens is 542 g/mol. The fourth-order valence-electron chi connectivity index (χ4n) is 3.66. The average Bonchev–Trinajstić information content (AvgIpc) is 2.83. The summed E-state index contributed by atoms with van der Waals surface area (Å²) in [5, 5.41) is 5.37. The fraction of sp³-hybridized carbons (Fsp3) is 0.250. The van der Waals surface area contributed by atoms with Crippen LogP contribution < -0.4 is 15.0 Å². The number of aromatic nitrogens is 2. The number of hydrogen-bond acceptors (Lipinski definition) is 5. The highest BCUT2D eigenvalue weighted by atomic mass is 79.9. The van der Waals surface area contributed by atoms with E-state index in [2.05, 4.69) is 21.0 Å². The van der Waals surface area contributed by atoms with E-state index in [1.54, 1.807) is 31.5 Å². The Balaban J connectivity index is 1.71. The van der Waals surface area contributed by atoms with Gasteiger partial charge in [-0.25, -0.2) is 4.98 Å². The molecule has 0 amide bonds. The molecule has 0 aliphatic rings. The Morgan fingerprint density at radius 2 is 1.83 bits per heavy atom. The molecule has 0 saturated carbocycles. The molecule has 0 atom stereocenters. The Bertz CT molecular complexity index is 1510. The lowest BCUT2D eigenvalue weighted by Crippen LogP contribution is -2.29. The Morgan fingerprint density at radius 3 is 2.50 bits per heavy atom. The first-order valence-electron chi connectivity index (χ1n) is 11.4. The molecule has 0 aliphatic heterocycles. The van der Waals surface area contributed by atoms with Crippen molar-refractivity contribution in [3.05, 3.63) is 97.0 Å². The van der Waals surface area contributed by atoms with Crippen molar-refractivity contribution in [2.45, 2.75) is 39.7 Å². The molecule has 6 nitrogen and oxygen atoms in total. The number of benzene rings is 3. The summed E-state index contributed by atoms with van der Waals surface area (Å²) in [7, 11) is 1.55. The van der Waals surface area contributed by atoms with Gasteiger partial charge in [-0.05, 0) is 48.4 Å². The molecule has 4 aromatic rings. The van der Waals surface area contributed by atoms with Crippen LogP contribution in [-0.4, -0.2) is 23.0 Å². The van der Waals surface area contributed by atoms with E-state index in [0.29, 0.717) is 45.4 Å². The number of methoxy groups -OCH3 is 1. The first kappa shape index (κ1) is 25.9. The number of rotatable bonds is 6. The predicted molar refractivity (Wildman–Crippen MR) is 149 cm³/mol. The van der Waals surface area contributed by atoms with Gasteiger partial charge >= 0.3 is 0 Å². The summed E-state index contributed by atoms with van der Waals surface area (Å²) < 4.78 is 13.7. The van der Waals surface area contributed by atoms with Crippen molar-refractivity contribution in [2.24, 2.45) is 5.10 Å². The van der Waals surface area contributed by atoms with Gasteiger partial charge in [-0.3, -0.25) is 4.79 Å². The van der Waals surface area contributed by atoms with Crippen LogP contribution in [0, 0.1) is 6.92 Å². The van der Waals surface area contributed by atoms with Crippen LogP contribution in [0.5, 0.6) is 11.5 Å². The maximum Gasteiger partial charge on any atom is 0.282 e. The Morgan fingerprint density at radius 1 is 1.11 bits per heavy atom. The minimum atomic E-state index is -0.416. The molecule has 0 spiro atoms. The third-order valence-electron chi connectivity index (χ3n) is 5.56. The van der Waals surface area contributed by atoms with Crippen LogP contribution in [0.3, 0.4) is 0 Å². The SMILES string of the molecule is COc1cc(C=Nn2c(C(C)(C)C)nc3ccc(Br)cc3c2=O)cc(Cl)c1OCc1ccc(C)cc1. The molecule has 186 valence electrons. The summed E-state index contributed by atoms with van der Waals surface area (Å²) in [6, 6.07) is 17.0. The lowest BCUT2D eigenvalue weighted by molar-refractivity contribution is 0.284. The summed E-state index contributed by atoms with van der Waals surface area (Å²) in [6.45, 7) is 8.37. The highest BCUT2D eigenvalue weighted by molar-refractivity contribution is 9.10. The maximum absolute atomic E-state index is 13.4. The third-order valence-corrected chi connectivity index (χ3v) is 6.33. The van der Waals surface area contributed by atoms with Crippen molar-refractivity contribution in [2.75, 3.05) is 7.11 Å². The van der Waals surface area contributed by atoms with E-state index in [0.717, 1.165) is 10.0 Å². The van der Waals surface area contributed by atoms with E-state index < -0.39 is 5.41 Å². The molecule has 1 aromatic heterocycles. The van der Waals surface area contributed by atoms with Gasteiger partial charge in [0.05, 0.1) is 29.2 Å². The van der Waals surface area contributed by atoms with Gasteiger partial charge in [0.1, 0.15) is 12.4 Å². The maximum atomic E-state index is 13.4. The Labute approximate surface area is 223 Å². The predicted octanol–water partition coefficient (Wildman–Crippen LogP) is 6.89. The molecule has 3 aromatic carbocycles. The van der Waals surface area contributed by atoms with Gasteiger partial charge < -0.3 is 9.47 Å². The molecular formula is C28H27BrClN3O3. The standard InChI is InChI=1S/C28H27BrClN3O3/c1-17-6-8-18(9-7-17)16-36-25-22(30)12-19(13-24(25)35-5)15-31-33-26(34)21-14-20(29)10-11-23(21)32-27(33)28(2,3)4/h6-15H,16H2,1-5H3. The Kier molecular flexibility index (Phi) is 7.52. The quantitative estimate of drug-likeness (QED) is 0.238. The van der Waals surface area contributed by atoms with E-state index in [-0.39, 0.29) is 5.56 Å². The van der Waals surface area contributed by atoms with Crippen molar-refractivity contribution in [3.63, 3.8) is 0 Å². The minimum Gasteiger partial charge on any atom is -0.493 e. The van der Waals surface area contributed by atoms with Crippen LogP contribution in [-0.2, 0) is 12.0 Å². The highest BCUT2D eigenvalue weighted by Gasteiger charge is 2.23. The van der Waals surface area contributed by atoms with E-state index in [9.17, 15) is 4.79 Å². The molecule has 0 radical (unpaired) electrons. The average molecular weight is 569 g/mol. The van der Waals surface area contributed by atoms with Gasteiger partial charge in [0.15, 0.2) is 11.5 Å². The molecule has 0 fully saturated rings. The number of ether oxygens (including phenoxy) is 2. The van der Waals surface area contributed by atoms with Crippen LogP contribution in [0.15, 0.2) is 69.0 Å². The molecule has 0 N–H and O–H groups in total. The zero-order valence-electron chi connectivity index (χ0n) is 20.8. The lowest BCUT2D eigenvalue weighted by Gasteiger charge is -2.21. The van der Waals surface area contributed by atoms with Crippen molar-refractivity contribution in [3.8, 4) is 11.5 Å². The smallest absolute Gasteiger partial charge is 0.282 e. The summed E-state index contributed by atoms with van der Waals surface area (Å²) in [5.74, 6) is 1.47. The molecule has 0 aliphatic carbocycles. The zero-order valence-corrected chi connectivity index (χ0v) is 23.1. The van der Waals surface area contributed by atoms with Crippen molar-refractivity contribution >= 4 is 44.6 Å². The van der Waals surface area contributed by atoms with Gasteiger partial charge in [0.25, 0.3) is 5.56 Å². The molecule has 36 heavy (non-hydrogen) atoms. The van der Waals surface area contributed by atoms with Gasteiger partial charge in [-0.1, -0.05) is 78.1 Å². The van der Waals surface area contributed by atoms with Gasteiger partial charge in [0, 0.05) is 9.89 Å². The van der Waals surface area contributed by atoms with Crippen LogP contribution in [0.25, 0.3) is 10.9 Å². The number of aryl methyl sites for hydroxylation is 1. The van der Waals surface area contributed by atoms with Crippen LogP contribution in [0.4, 0.5) is 0 Å². The number of halogens is 2. The fourth-order valence-corrected chi connectivity index (χ4v) is 4.29. The Hall–Kier alpha value is -3.16. The molecule has 1 heterocycles. The van der Waals surface area contributed by atoms with Crippen LogP contribution >= 0.6 is 27.5 Å². The summed E-state index contributed by atoms with van der Waals surface area (Å²) in [5.41, 5.74) is 2.81.